The molecular formula is C19H17Cl2N3O. The third kappa shape index (κ3) is 2.70. The Labute approximate surface area is 155 Å². The number of rotatable bonds is 2. The molecule has 0 amide bonds. The van der Waals surface area contributed by atoms with E-state index in [-0.39, 0.29) is 0 Å². The van der Waals surface area contributed by atoms with Crippen LogP contribution in [0.5, 0.6) is 0 Å². The maximum Gasteiger partial charge on any atom is 0.176 e. The predicted molar refractivity (Wildman–Crippen MR) is 102 cm³/mol. The van der Waals surface area contributed by atoms with Crippen molar-refractivity contribution in [2.24, 2.45) is 4.99 Å². The van der Waals surface area contributed by atoms with Gasteiger partial charge < -0.3 is 9.51 Å². The number of aromatic nitrogens is 2. The lowest BCUT2D eigenvalue weighted by atomic mass is 9.92. The zero-order chi connectivity index (χ0) is 17.6. The van der Waals surface area contributed by atoms with E-state index in [0.29, 0.717) is 21.7 Å². The van der Waals surface area contributed by atoms with Gasteiger partial charge in [-0.2, -0.15) is 0 Å². The van der Waals surface area contributed by atoms with Gasteiger partial charge in [-0.15, -0.1) is 0 Å². The quantitative estimate of drug-likeness (QED) is 0.553. The van der Waals surface area contributed by atoms with E-state index in [1.807, 2.05) is 31.5 Å². The van der Waals surface area contributed by atoms with E-state index >= 15 is 0 Å². The van der Waals surface area contributed by atoms with Crippen LogP contribution in [-0.4, -0.2) is 16.4 Å². The van der Waals surface area contributed by atoms with E-state index in [0.717, 1.165) is 46.6 Å². The highest BCUT2D eigenvalue weighted by atomic mass is 35.5. The van der Waals surface area contributed by atoms with Crippen molar-refractivity contribution in [1.29, 1.82) is 0 Å². The molecule has 128 valence electrons. The Bertz CT molecular complexity index is 971. The fourth-order valence-electron chi connectivity index (χ4n) is 3.41. The van der Waals surface area contributed by atoms with Crippen LogP contribution in [0.2, 0.25) is 10.0 Å². The van der Waals surface area contributed by atoms with Crippen molar-refractivity contribution < 1.29 is 4.52 Å². The normalized spacial score (nSPS) is 16.7. The third-order valence-electron chi connectivity index (χ3n) is 4.67. The Morgan fingerprint density at radius 2 is 2.08 bits per heavy atom. The van der Waals surface area contributed by atoms with Crippen LogP contribution in [0.1, 0.15) is 36.9 Å². The van der Waals surface area contributed by atoms with Crippen LogP contribution in [0.15, 0.2) is 33.9 Å². The van der Waals surface area contributed by atoms with Gasteiger partial charge in [-0.05, 0) is 31.7 Å². The molecule has 1 N–H and O–H groups in total. The number of aryl methyl sites for hydroxylation is 1. The minimum Gasteiger partial charge on any atom is -0.355 e. The summed E-state index contributed by atoms with van der Waals surface area (Å²) < 4.78 is 5.72. The summed E-state index contributed by atoms with van der Waals surface area (Å²) in [6.45, 7) is 4.12. The van der Waals surface area contributed by atoms with Crippen LogP contribution in [0.25, 0.3) is 22.5 Å². The first-order valence-corrected chi connectivity index (χ1v) is 8.98. The zero-order valence-electron chi connectivity index (χ0n) is 13.9. The van der Waals surface area contributed by atoms with Crippen molar-refractivity contribution in [1.82, 2.24) is 10.1 Å². The summed E-state index contributed by atoms with van der Waals surface area (Å²) in [5, 5.41) is 5.20. The van der Waals surface area contributed by atoms with Gasteiger partial charge in [0.1, 0.15) is 5.82 Å². The number of nitrogens with one attached hydrogen (secondary N) is 1. The number of hydrogen-bond donors (Lipinski definition) is 1. The van der Waals surface area contributed by atoms with Crippen molar-refractivity contribution in [3.8, 4) is 22.5 Å². The molecule has 4 nitrogen and oxygen atoms in total. The smallest absolute Gasteiger partial charge is 0.176 e. The van der Waals surface area contributed by atoms with Crippen LogP contribution >= 0.6 is 23.2 Å². The van der Waals surface area contributed by atoms with Crippen LogP contribution in [-0.2, 0) is 0 Å². The Balaban J connectivity index is 1.94. The summed E-state index contributed by atoms with van der Waals surface area (Å²) in [6, 6.07) is 5.59. The number of aliphatic imine (C=N–C) groups is 1. The maximum atomic E-state index is 6.46. The van der Waals surface area contributed by atoms with Crippen molar-refractivity contribution in [2.45, 2.75) is 32.6 Å². The number of halogens is 2. The zero-order valence-corrected chi connectivity index (χ0v) is 15.4. The van der Waals surface area contributed by atoms with Gasteiger partial charge in [0.25, 0.3) is 0 Å². The molecule has 0 radical (unpaired) electrons. The lowest BCUT2D eigenvalue weighted by Gasteiger charge is -2.11. The van der Waals surface area contributed by atoms with Crippen LogP contribution in [0, 0.1) is 6.92 Å². The second-order valence-electron chi connectivity index (χ2n) is 6.33. The molecule has 1 unspecified atom stereocenters. The van der Waals surface area contributed by atoms with E-state index < -0.39 is 0 Å². The van der Waals surface area contributed by atoms with Crippen molar-refractivity contribution in [3.63, 3.8) is 0 Å². The number of benzene rings is 1. The summed E-state index contributed by atoms with van der Waals surface area (Å²) in [7, 11) is 0. The molecule has 0 bridgehead atoms. The number of aromatic amines is 1. The Morgan fingerprint density at radius 3 is 2.92 bits per heavy atom. The minimum absolute atomic E-state index is 0.367. The molecular weight excluding hydrogens is 357 g/mol. The van der Waals surface area contributed by atoms with E-state index in [1.165, 1.54) is 0 Å². The largest absolute Gasteiger partial charge is 0.355 e. The van der Waals surface area contributed by atoms with E-state index in [2.05, 4.69) is 22.1 Å². The Hall–Kier alpha value is -2.04. The average Bonchev–Trinajstić information content (AvgIpc) is 3.12. The van der Waals surface area contributed by atoms with E-state index in [9.17, 15) is 0 Å². The molecule has 0 spiro atoms. The Morgan fingerprint density at radius 1 is 1.24 bits per heavy atom. The lowest BCUT2D eigenvalue weighted by Crippen LogP contribution is -1.94. The molecule has 1 aliphatic rings. The Kier molecular flexibility index (Phi) is 4.18. The summed E-state index contributed by atoms with van der Waals surface area (Å²) in [6.07, 6.45) is 5.90. The fourth-order valence-corrected chi connectivity index (χ4v) is 3.80. The molecule has 0 saturated heterocycles. The molecule has 4 rings (SSSR count). The second-order valence-corrected chi connectivity index (χ2v) is 7.11. The van der Waals surface area contributed by atoms with Crippen LogP contribution < -0.4 is 0 Å². The molecule has 25 heavy (non-hydrogen) atoms. The molecule has 3 heterocycles. The van der Waals surface area contributed by atoms with Gasteiger partial charge in [0, 0.05) is 29.1 Å². The summed E-state index contributed by atoms with van der Waals surface area (Å²) in [5.41, 5.74) is 4.61. The summed E-state index contributed by atoms with van der Waals surface area (Å²) in [5.74, 6) is 1.95. The summed E-state index contributed by atoms with van der Waals surface area (Å²) >= 11 is 12.7. The first kappa shape index (κ1) is 16.4. The van der Waals surface area contributed by atoms with Gasteiger partial charge in [0.05, 0.1) is 21.3 Å². The van der Waals surface area contributed by atoms with Crippen LogP contribution in [0.3, 0.4) is 0 Å². The van der Waals surface area contributed by atoms with Crippen molar-refractivity contribution >= 4 is 35.2 Å². The van der Waals surface area contributed by atoms with Gasteiger partial charge in [-0.25, -0.2) is 4.99 Å². The monoisotopic (exact) mass is 373 g/mol. The fraction of sp³-hybridized carbons (Fsp3) is 0.263. The second kappa shape index (κ2) is 6.36. The minimum atomic E-state index is 0.367. The molecule has 3 aromatic rings. The molecule has 6 heteroatoms. The van der Waals surface area contributed by atoms with Gasteiger partial charge >= 0.3 is 0 Å². The maximum absolute atomic E-state index is 6.46. The number of fused-ring (bicyclic) bond motifs is 1. The van der Waals surface area contributed by atoms with Crippen molar-refractivity contribution in [2.75, 3.05) is 0 Å². The highest BCUT2D eigenvalue weighted by molar-refractivity contribution is 6.43. The first-order chi connectivity index (χ1) is 12.1. The highest BCUT2D eigenvalue weighted by Crippen LogP contribution is 2.45. The molecule has 0 saturated carbocycles. The third-order valence-corrected chi connectivity index (χ3v) is 5.49. The van der Waals surface area contributed by atoms with Gasteiger partial charge in [-0.3, -0.25) is 0 Å². The highest BCUT2D eigenvalue weighted by Gasteiger charge is 2.27. The predicted octanol–water partition coefficient (Wildman–Crippen LogP) is 6.55. The van der Waals surface area contributed by atoms with Gasteiger partial charge in [0.15, 0.2) is 5.76 Å². The number of hydrogen-bond acceptors (Lipinski definition) is 3. The summed E-state index contributed by atoms with van der Waals surface area (Å²) in [4.78, 5) is 7.80. The van der Waals surface area contributed by atoms with Gasteiger partial charge in [0.2, 0.25) is 0 Å². The van der Waals surface area contributed by atoms with Crippen molar-refractivity contribution in [3.05, 3.63) is 45.7 Å². The average molecular weight is 374 g/mol. The molecule has 0 fully saturated rings. The van der Waals surface area contributed by atoms with Gasteiger partial charge in [-0.1, -0.05) is 47.4 Å². The molecule has 1 aliphatic heterocycles. The first-order valence-electron chi connectivity index (χ1n) is 8.22. The molecule has 2 aromatic heterocycles. The number of nitrogens with zero attached hydrogens (tertiary/aromatic N) is 2. The molecule has 1 aromatic carbocycles. The molecule has 0 aliphatic carbocycles. The lowest BCUT2D eigenvalue weighted by molar-refractivity contribution is 0.426. The SMILES string of the molecule is Cc1noc(-c2c[nH]c3c2C(C)CCC=N3)c1-c1cccc(Cl)c1Cl. The standard InChI is InChI=1S/C19H17Cl2N3O/c1-10-5-4-8-22-19-15(10)13(9-23-19)18-16(11(2)24-25-18)12-6-3-7-14(20)17(12)21/h3,6-10,23H,4-5H2,1-2H3. The number of H-pyrrole nitrogens is 1. The van der Waals surface area contributed by atoms with Crippen LogP contribution in [0.4, 0.5) is 5.82 Å². The molecule has 1 atom stereocenters. The topological polar surface area (TPSA) is 54.2 Å². The van der Waals surface area contributed by atoms with E-state index in [4.69, 9.17) is 27.7 Å². The van der Waals surface area contributed by atoms with E-state index in [1.54, 1.807) is 6.07 Å².